The Morgan fingerprint density at radius 1 is 1.04 bits per heavy atom. The number of hydrogen-bond donors (Lipinski definition) is 2. The maximum atomic E-state index is 12.4. The molecule has 0 aliphatic carbocycles. The van der Waals surface area contributed by atoms with Crippen LogP contribution in [0.5, 0.6) is 0 Å². The van der Waals surface area contributed by atoms with Crippen molar-refractivity contribution in [3.63, 3.8) is 0 Å². The van der Waals surface area contributed by atoms with E-state index in [4.69, 9.17) is 11.6 Å². The fraction of sp³-hybridized carbons (Fsp3) is 0.333. The maximum absolute atomic E-state index is 12.4. The summed E-state index contributed by atoms with van der Waals surface area (Å²) in [7, 11) is 3.61. The monoisotopic (exact) mass is 388 g/mol. The van der Waals surface area contributed by atoms with E-state index < -0.39 is 0 Å². The third-order valence-corrected chi connectivity index (χ3v) is 4.67. The second-order valence-electron chi connectivity index (χ2n) is 7.00. The minimum Gasteiger partial charge on any atom is -0.337 e. The second-order valence-corrected chi connectivity index (χ2v) is 7.44. The fourth-order valence-corrected chi connectivity index (χ4v) is 3.00. The molecule has 27 heavy (non-hydrogen) atoms. The largest absolute Gasteiger partial charge is 0.337 e. The number of quaternary nitrogens is 1. The third-order valence-electron chi connectivity index (χ3n) is 4.42. The first-order valence-electron chi connectivity index (χ1n) is 8.92. The molecule has 2 aromatic carbocycles. The first kappa shape index (κ1) is 20.9. The van der Waals surface area contributed by atoms with Crippen molar-refractivity contribution in [3.05, 3.63) is 64.2 Å². The summed E-state index contributed by atoms with van der Waals surface area (Å²) < 4.78 is 0. The molecular formula is C21H27ClN3O2+. The maximum Gasteiger partial charge on any atom is 0.279 e. The SMILES string of the molecule is Cc1cccc(C)c1NC(=O)C[NH+](C)CC(=O)N(C)Cc1ccc(Cl)cc1. The number of benzene rings is 2. The van der Waals surface area contributed by atoms with Crippen molar-refractivity contribution in [1.29, 1.82) is 0 Å². The molecule has 0 aliphatic rings. The predicted octanol–water partition coefficient (Wildman–Crippen LogP) is 2.07. The number of nitrogens with one attached hydrogen (secondary N) is 2. The smallest absolute Gasteiger partial charge is 0.279 e. The number of nitrogens with zero attached hydrogens (tertiary/aromatic N) is 1. The number of hydrogen-bond acceptors (Lipinski definition) is 2. The van der Waals surface area contributed by atoms with Crippen molar-refractivity contribution in [1.82, 2.24) is 4.90 Å². The Morgan fingerprint density at radius 3 is 2.22 bits per heavy atom. The molecule has 0 saturated carbocycles. The van der Waals surface area contributed by atoms with Gasteiger partial charge in [-0.15, -0.1) is 0 Å². The molecule has 2 amide bonds. The van der Waals surface area contributed by atoms with Crippen LogP contribution in [-0.4, -0.2) is 43.9 Å². The van der Waals surface area contributed by atoms with Gasteiger partial charge in [0.25, 0.3) is 11.8 Å². The number of aryl methyl sites for hydroxylation is 2. The predicted molar refractivity (Wildman–Crippen MR) is 109 cm³/mol. The molecule has 1 unspecified atom stereocenters. The lowest BCUT2D eigenvalue weighted by Crippen LogP contribution is -3.11. The highest BCUT2D eigenvalue weighted by Gasteiger charge is 2.18. The molecule has 2 rings (SSSR count). The zero-order valence-electron chi connectivity index (χ0n) is 16.3. The van der Waals surface area contributed by atoms with Crippen LogP contribution < -0.4 is 10.2 Å². The summed E-state index contributed by atoms with van der Waals surface area (Å²) in [6, 6.07) is 13.3. The number of carbonyl (C=O) groups excluding carboxylic acids is 2. The minimum absolute atomic E-state index is 0.0117. The van der Waals surface area contributed by atoms with Crippen molar-refractivity contribution in [2.24, 2.45) is 0 Å². The van der Waals surface area contributed by atoms with Crippen LogP contribution in [0.2, 0.25) is 5.02 Å². The van der Waals surface area contributed by atoms with Crippen LogP contribution in [0.25, 0.3) is 0 Å². The fourth-order valence-electron chi connectivity index (χ4n) is 2.88. The number of anilines is 1. The van der Waals surface area contributed by atoms with Crippen LogP contribution in [0.3, 0.4) is 0 Å². The Hall–Kier alpha value is -2.37. The van der Waals surface area contributed by atoms with E-state index in [-0.39, 0.29) is 24.9 Å². The van der Waals surface area contributed by atoms with Crippen molar-refractivity contribution >= 4 is 29.1 Å². The average molecular weight is 389 g/mol. The van der Waals surface area contributed by atoms with E-state index in [2.05, 4.69) is 5.32 Å². The molecule has 1 atom stereocenters. The highest BCUT2D eigenvalue weighted by atomic mass is 35.5. The van der Waals surface area contributed by atoms with Crippen molar-refractivity contribution < 1.29 is 14.5 Å². The molecule has 6 heteroatoms. The molecule has 0 spiro atoms. The summed E-state index contributed by atoms with van der Waals surface area (Å²) >= 11 is 5.88. The molecule has 2 aromatic rings. The number of likely N-dealkylation sites (N-methyl/N-ethyl adjacent to an activating group) is 2. The zero-order valence-corrected chi connectivity index (χ0v) is 17.1. The van der Waals surface area contributed by atoms with Gasteiger partial charge in [0, 0.05) is 24.3 Å². The summed E-state index contributed by atoms with van der Waals surface area (Å²) in [5, 5.41) is 3.63. The zero-order chi connectivity index (χ0) is 20.0. The number of halogens is 1. The number of para-hydroxylation sites is 1. The van der Waals surface area contributed by atoms with Crippen LogP contribution in [-0.2, 0) is 16.1 Å². The van der Waals surface area contributed by atoms with Crippen LogP contribution in [0, 0.1) is 13.8 Å². The van der Waals surface area contributed by atoms with E-state index in [1.807, 2.05) is 63.4 Å². The lowest BCUT2D eigenvalue weighted by atomic mass is 10.1. The van der Waals surface area contributed by atoms with Crippen molar-refractivity contribution in [2.45, 2.75) is 20.4 Å². The molecule has 0 heterocycles. The van der Waals surface area contributed by atoms with Crippen LogP contribution >= 0.6 is 11.6 Å². The van der Waals surface area contributed by atoms with Crippen LogP contribution in [0.1, 0.15) is 16.7 Å². The van der Waals surface area contributed by atoms with Gasteiger partial charge in [-0.1, -0.05) is 41.9 Å². The molecule has 144 valence electrons. The Balaban J connectivity index is 1.84. The van der Waals surface area contributed by atoms with E-state index in [9.17, 15) is 9.59 Å². The molecule has 0 radical (unpaired) electrons. The van der Waals surface area contributed by atoms with Gasteiger partial charge in [0.15, 0.2) is 13.1 Å². The molecule has 0 aromatic heterocycles. The normalized spacial score (nSPS) is 11.7. The molecule has 2 N–H and O–H groups in total. The van der Waals surface area contributed by atoms with Gasteiger partial charge in [-0.05, 0) is 42.7 Å². The summed E-state index contributed by atoms with van der Waals surface area (Å²) in [5.74, 6) is -0.111. The van der Waals surface area contributed by atoms with Gasteiger partial charge < -0.3 is 15.1 Å². The van der Waals surface area contributed by atoms with E-state index in [1.165, 1.54) is 0 Å². The van der Waals surface area contributed by atoms with E-state index in [1.54, 1.807) is 11.9 Å². The van der Waals surface area contributed by atoms with Crippen molar-refractivity contribution in [2.75, 3.05) is 32.5 Å². The summed E-state index contributed by atoms with van der Waals surface area (Å²) in [4.78, 5) is 27.3. The number of amides is 2. The standard InChI is InChI=1S/C21H26ClN3O2/c1-15-6-5-7-16(2)21(15)23-19(26)13-24(3)14-20(27)25(4)12-17-8-10-18(22)11-9-17/h5-11H,12-14H2,1-4H3,(H,23,26)/p+1. The summed E-state index contributed by atoms with van der Waals surface area (Å²) in [6.45, 7) is 4.93. The Labute approximate surface area is 165 Å². The Kier molecular flexibility index (Phi) is 7.39. The second kappa shape index (κ2) is 9.53. The molecule has 0 saturated heterocycles. The summed E-state index contributed by atoms with van der Waals surface area (Å²) in [6.07, 6.45) is 0. The number of rotatable bonds is 7. The van der Waals surface area contributed by atoms with E-state index >= 15 is 0 Å². The topological polar surface area (TPSA) is 53.9 Å². The lowest BCUT2D eigenvalue weighted by Gasteiger charge is -2.20. The van der Waals surface area contributed by atoms with Crippen molar-refractivity contribution in [3.8, 4) is 0 Å². The molecule has 0 bridgehead atoms. The molecular weight excluding hydrogens is 362 g/mol. The highest BCUT2D eigenvalue weighted by molar-refractivity contribution is 6.30. The minimum atomic E-state index is -0.0990. The molecule has 0 fully saturated rings. The number of carbonyl (C=O) groups is 2. The van der Waals surface area contributed by atoms with Gasteiger partial charge in [0.05, 0.1) is 7.05 Å². The first-order chi connectivity index (χ1) is 12.8. The van der Waals surface area contributed by atoms with Gasteiger partial charge in [0.1, 0.15) is 0 Å². The van der Waals surface area contributed by atoms with Gasteiger partial charge in [-0.3, -0.25) is 9.59 Å². The third kappa shape index (κ3) is 6.38. The van der Waals surface area contributed by atoms with Gasteiger partial charge in [-0.2, -0.15) is 0 Å². The Bertz CT molecular complexity index is 785. The summed E-state index contributed by atoms with van der Waals surface area (Å²) in [5.41, 5.74) is 3.92. The van der Waals surface area contributed by atoms with Gasteiger partial charge in [-0.25, -0.2) is 0 Å². The van der Waals surface area contributed by atoms with Crippen LogP contribution in [0.15, 0.2) is 42.5 Å². The molecule has 0 aliphatic heterocycles. The first-order valence-corrected chi connectivity index (χ1v) is 9.30. The van der Waals surface area contributed by atoms with Gasteiger partial charge in [0.2, 0.25) is 0 Å². The average Bonchev–Trinajstić information content (AvgIpc) is 2.60. The van der Waals surface area contributed by atoms with Gasteiger partial charge >= 0.3 is 0 Å². The van der Waals surface area contributed by atoms with E-state index in [0.717, 1.165) is 27.3 Å². The highest BCUT2D eigenvalue weighted by Crippen LogP contribution is 2.18. The lowest BCUT2D eigenvalue weighted by molar-refractivity contribution is -0.862. The quantitative estimate of drug-likeness (QED) is 0.763. The van der Waals surface area contributed by atoms with Crippen LogP contribution in [0.4, 0.5) is 5.69 Å². The molecule has 5 nitrogen and oxygen atoms in total. The Morgan fingerprint density at radius 2 is 1.63 bits per heavy atom. The van der Waals surface area contributed by atoms with E-state index in [0.29, 0.717) is 11.6 Å².